The van der Waals surface area contributed by atoms with Crippen molar-refractivity contribution >= 4 is 5.91 Å². The second kappa shape index (κ2) is 6.90. The van der Waals surface area contributed by atoms with E-state index >= 15 is 0 Å². The van der Waals surface area contributed by atoms with Crippen LogP contribution in [0.1, 0.15) is 46.5 Å². The molecule has 4 unspecified atom stereocenters. The second-order valence-electron chi connectivity index (χ2n) is 7.02. The zero-order valence-electron chi connectivity index (χ0n) is 13.2. The van der Waals surface area contributed by atoms with Crippen molar-refractivity contribution in [2.75, 3.05) is 19.7 Å². The molecular weight excluding hydrogens is 252 g/mol. The number of fused-ring (bicyclic) bond motifs is 1. The van der Waals surface area contributed by atoms with E-state index in [9.17, 15) is 4.79 Å². The van der Waals surface area contributed by atoms with E-state index in [1.165, 1.54) is 6.42 Å². The van der Waals surface area contributed by atoms with Gasteiger partial charge in [-0.1, -0.05) is 13.8 Å². The number of nitrogens with two attached hydrogens (primary N) is 1. The standard InChI is InChI=1S/C16H30N2O2/c1-11(2)8-12(3)20-7-6-16(19)18-9-13-4-5-15(17)14(13)10-18/h11-15H,4-10,17H2,1-3H3. The Bertz CT molecular complexity index is 332. The molecule has 4 heteroatoms. The Hall–Kier alpha value is -0.610. The molecular formula is C16H30N2O2. The predicted octanol–water partition coefficient (Wildman–Crippen LogP) is 2.02. The fourth-order valence-corrected chi connectivity index (χ4v) is 3.75. The number of hydrogen-bond acceptors (Lipinski definition) is 3. The molecule has 1 aliphatic heterocycles. The smallest absolute Gasteiger partial charge is 0.224 e. The van der Waals surface area contributed by atoms with Crippen molar-refractivity contribution in [2.45, 2.75) is 58.6 Å². The van der Waals surface area contributed by atoms with Crippen LogP contribution in [0.15, 0.2) is 0 Å². The number of carbonyl (C=O) groups excluding carboxylic acids is 1. The highest BCUT2D eigenvalue weighted by atomic mass is 16.5. The maximum atomic E-state index is 12.2. The summed E-state index contributed by atoms with van der Waals surface area (Å²) in [6.45, 7) is 8.80. The van der Waals surface area contributed by atoms with Crippen molar-refractivity contribution in [1.29, 1.82) is 0 Å². The summed E-state index contributed by atoms with van der Waals surface area (Å²) in [6.07, 6.45) is 4.13. The molecule has 1 saturated heterocycles. The van der Waals surface area contributed by atoms with Gasteiger partial charge in [0.25, 0.3) is 0 Å². The molecule has 1 saturated carbocycles. The van der Waals surface area contributed by atoms with Crippen LogP contribution >= 0.6 is 0 Å². The number of ether oxygens (including phenoxy) is 1. The Morgan fingerprint density at radius 3 is 2.70 bits per heavy atom. The van der Waals surface area contributed by atoms with E-state index in [0.29, 0.717) is 36.8 Å². The topological polar surface area (TPSA) is 55.6 Å². The predicted molar refractivity (Wildman–Crippen MR) is 80.3 cm³/mol. The highest BCUT2D eigenvalue weighted by Gasteiger charge is 2.42. The van der Waals surface area contributed by atoms with Gasteiger partial charge in [-0.05, 0) is 43.9 Å². The van der Waals surface area contributed by atoms with E-state index in [1.807, 2.05) is 4.90 Å². The third-order valence-corrected chi connectivity index (χ3v) is 4.79. The molecule has 2 fully saturated rings. The van der Waals surface area contributed by atoms with Gasteiger partial charge in [0.15, 0.2) is 0 Å². The molecule has 0 aromatic rings. The van der Waals surface area contributed by atoms with E-state index in [1.54, 1.807) is 0 Å². The van der Waals surface area contributed by atoms with Crippen LogP contribution in [0.5, 0.6) is 0 Å². The van der Waals surface area contributed by atoms with Crippen molar-refractivity contribution in [1.82, 2.24) is 4.90 Å². The number of amides is 1. The van der Waals surface area contributed by atoms with Gasteiger partial charge in [0.05, 0.1) is 19.1 Å². The number of carbonyl (C=O) groups is 1. The molecule has 1 aliphatic carbocycles. The lowest BCUT2D eigenvalue weighted by Crippen LogP contribution is -2.34. The highest BCUT2D eigenvalue weighted by Crippen LogP contribution is 2.37. The first-order valence-corrected chi connectivity index (χ1v) is 8.12. The molecule has 0 spiro atoms. The summed E-state index contributed by atoms with van der Waals surface area (Å²) in [5.74, 6) is 2.07. The fourth-order valence-electron chi connectivity index (χ4n) is 3.75. The summed E-state index contributed by atoms with van der Waals surface area (Å²) >= 11 is 0. The lowest BCUT2D eigenvalue weighted by Gasteiger charge is -2.20. The molecule has 2 aliphatic rings. The van der Waals surface area contributed by atoms with Gasteiger partial charge in [-0.25, -0.2) is 0 Å². The first-order chi connectivity index (χ1) is 9.47. The average Bonchev–Trinajstić information content (AvgIpc) is 2.91. The van der Waals surface area contributed by atoms with Crippen molar-refractivity contribution in [3.05, 3.63) is 0 Å². The molecule has 0 bridgehead atoms. The Morgan fingerprint density at radius 1 is 1.30 bits per heavy atom. The summed E-state index contributed by atoms with van der Waals surface area (Å²) in [5, 5.41) is 0. The van der Waals surface area contributed by atoms with E-state index in [0.717, 1.165) is 25.9 Å². The molecule has 4 nitrogen and oxygen atoms in total. The van der Waals surface area contributed by atoms with Gasteiger partial charge in [0.2, 0.25) is 5.91 Å². The van der Waals surface area contributed by atoms with Crippen molar-refractivity contribution in [3.8, 4) is 0 Å². The number of rotatable bonds is 6. The zero-order valence-corrected chi connectivity index (χ0v) is 13.2. The average molecular weight is 282 g/mol. The molecule has 1 amide bonds. The van der Waals surface area contributed by atoms with Crippen LogP contribution in [0.2, 0.25) is 0 Å². The van der Waals surface area contributed by atoms with E-state index < -0.39 is 0 Å². The first-order valence-electron chi connectivity index (χ1n) is 8.12. The maximum absolute atomic E-state index is 12.2. The van der Waals surface area contributed by atoms with Crippen LogP contribution in [0, 0.1) is 17.8 Å². The SMILES string of the molecule is CC(C)CC(C)OCCC(=O)N1CC2CCC(N)C2C1. The number of likely N-dealkylation sites (tertiary alicyclic amines) is 1. The van der Waals surface area contributed by atoms with Gasteiger partial charge in [-0.3, -0.25) is 4.79 Å². The summed E-state index contributed by atoms with van der Waals surface area (Å²) in [6, 6.07) is 0.306. The van der Waals surface area contributed by atoms with Gasteiger partial charge < -0.3 is 15.4 Å². The zero-order chi connectivity index (χ0) is 14.7. The third kappa shape index (κ3) is 3.95. The van der Waals surface area contributed by atoms with Crippen LogP contribution in [0.4, 0.5) is 0 Å². The molecule has 0 aromatic heterocycles. The maximum Gasteiger partial charge on any atom is 0.224 e. The molecule has 0 aromatic carbocycles. The quantitative estimate of drug-likeness (QED) is 0.811. The lowest BCUT2D eigenvalue weighted by atomic mass is 9.98. The summed E-state index contributed by atoms with van der Waals surface area (Å²) in [4.78, 5) is 14.2. The summed E-state index contributed by atoms with van der Waals surface area (Å²) in [7, 11) is 0. The van der Waals surface area contributed by atoms with Gasteiger partial charge in [0.1, 0.15) is 0 Å². The van der Waals surface area contributed by atoms with Crippen LogP contribution in [-0.2, 0) is 9.53 Å². The fraction of sp³-hybridized carbons (Fsp3) is 0.938. The molecule has 2 N–H and O–H groups in total. The van der Waals surface area contributed by atoms with Crippen molar-refractivity contribution in [2.24, 2.45) is 23.5 Å². The molecule has 20 heavy (non-hydrogen) atoms. The van der Waals surface area contributed by atoms with Crippen LogP contribution < -0.4 is 5.73 Å². The minimum absolute atomic E-state index is 0.239. The van der Waals surface area contributed by atoms with Crippen LogP contribution in [0.25, 0.3) is 0 Å². The summed E-state index contributed by atoms with van der Waals surface area (Å²) in [5.41, 5.74) is 6.11. The van der Waals surface area contributed by atoms with Gasteiger partial charge in [-0.2, -0.15) is 0 Å². The van der Waals surface area contributed by atoms with E-state index in [4.69, 9.17) is 10.5 Å². The monoisotopic (exact) mass is 282 g/mol. The van der Waals surface area contributed by atoms with Gasteiger partial charge in [-0.15, -0.1) is 0 Å². The van der Waals surface area contributed by atoms with E-state index in [2.05, 4.69) is 20.8 Å². The Labute approximate surface area is 123 Å². The number of hydrogen-bond donors (Lipinski definition) is 1. The minimum Gasteiger partial charge on any atom is -0.378 e. The molecule has 1 heterocycles. The van der Waals surface area contributed by atoms with Crippen LogP contribution in [0.3, 0.4) is 0 Å². The molecule has 116 valence electrons. The normalized spacial score (nSPS) is 30.9. The molecule has 2 rings (SSSR count). The van der Waals surface area contributed by atoms with Crippen molar-refractivity contribution < 1.29 is 9.53 Å². The highest BCUT2D eigenvalue weighted by molar-refractivity contribution is 5.76. The Kier molecular flexibility index (Phi) is 5.44. The summed E-state index contributed by atoms with van der Waals surface area (Å²) < 4.78 is 5.73. The number of nitrogens with zero attached hydrogens (tertiary/aromatic N) is 1. The first kappa shape index (κ1) is 15.8. The largest absolute Gasteiger partial charge is 0.378 e. The Balaban J connectivity index is 1.66. The van der Waals surface area contributed by atoms with Crippen LogP contribution in [-0.4, -0.2) is 42.6 Å². The van der Waals surface area contributed by atoms with E-state index in [-0.39, 0.29) is 12.0 Å². The third-order valence-electron chi connectivity index (χ3n) is 4.79. The lowest BCUT2D eigenvalue weighted by molar-refractivity contribution is -0.132. The second-order valence-corrected chi connectivity index (χ2v) is 7.02. The molecule has 4 atom stereocenters. The van der Waals surface area contributed by atoms with Gasteiger partial charge in [0, 0.05) is 19.1 Å². The molecule has 0 radical (unpaired) electrons. The van der Waals surface area contributed by atoms with Crippen molar-refractivity contribution in [3.63, 3.8) is 0 Å². The Morgan fingerprint density at radius 2 is 2.05 bits per heavy atom. The minimum atomic E-state index is 0.239. The van der Waals surface area contributed by atoms with Gasteiger partial charge >= 0.3 is 0 Å².